The Balaban J connectivity index is -0.000000113. The molecule has 0 unspecified atom stereocenters. The summed E-state index contributed by atoms with van der Waals surface area (Å²) in [5, 5.41) is 71.6. The maximum Gasteiger partial charge on any atom is -0.870 e. The fraction of sp³-hybridized carbons (Fsp3) is 0.556. The van der Waals surface area contributed by atoms with Crippen molar-refractivity contribution in [3.63, 3.8) is 0 Å². The van der Waals surface area contributed by atoms with Crippen LogP contribution in [0.2, 0.25) is 0 Å². The molecule has 0 amide bonds. The number of rotatable bonds is 7. The normalized spacial score (nSPS) is 10.2. The summed E-state index contributed by atoms with van der Waals surface area (Å²) in [4.78, 5) is 0. The quantitative estimate of drug-likeness (QED) is 0.148. The number of aromatic hydroxyl groups is 3. The summed E-state index contributed by atoms with van der Waals surface area (Å²) in [5.74, 6) is 0.754. The molecular weight excluding hydrogens is 1060 g/mol. The molecule has 0 heterocycles. The first-order valence-electron chi connectivity index (χ1n) is 21.7. The summed E-state index contributed by atoms with van der Waals surface area (Å²) in [6.45, 7) is 68.3. The first kappa shape index (κ1) is 95.3. The Kier molecular flexibility index (Phi) is 60.5. The van der Waals surface area contributed by atoms with Crippen molar-refractivity contribution in [3.05, 3.63) is 114 Å². The molecule has 0 bridgehead atoms. The molecule has 0 aliphatic carbocycles. The molecule has 0 saturated heterocycles. The fourth-order valence-corrected chi connectivity index (χ4v) is 7.24. The minimum atomic E-state index is -0.310. The number of methoxy groups -OCH3 is 3. The van der Waals surface area contributed by atoms with Gasteiger partial charge in [-0.15, -0.1) is 0 Å². The second kappa shape index (κ2) is 45.7. The van der Waals surface area contributed by atoms with Crippen molar-refractivity contribution in [3.8, 4) is 28.4 Å². The predicted octanol–water partition coefficient (Wildman–Crippen LogP) is 8.64. The van der Waals surface area contributed by atoms with Crippen molar-refractivity contribution < 1.29 is 103 Å². The monoisotopic (exact) mass is 1130 g/mol. The van der Waals surface area contributed by atoms with Gasteiger partial charge in [-0.3, -0.25) is 0 Å². The van der Waals surface area contributed by atoms with Gasteiger partial charge in [-0.05, 0) is 77.5 Å². The zero-order valence-corrected chi connectivity index (χ0v) is 62.1. The van der Waals surface area contributed by atoms with E-state index in [0.29, 0.717) is 36.7 Å². The second-order valence-corrected chi connectivity index (χ2v) is 21.2. The van der Waals surface area contributed by atoms with E-state index in [-0.39, 0.29) is 169 Å². The molecule has 13 nitrogen and oxygen atoms in total. The summed E-state index contributed by atoms with van der Waals surface area (Å²) in [5.41, 5.74) is 9.25. The molecule has 1 radical (unpaired) electrons. The van der Waals surface area contributed by atoms with E-state index in [9.17, 15) is 15.3 Å². The Morgan fingerprint density at radius 2 is 0.611 bits per heavy atom. The first-order chi connectivity index (χ1) is 31.2. The van der Waals surface area contributed by atoms with E-state index in [2.05, 4.69) is 143 Å². The van der Waals surface area contributed by atoms with Gasteiger partial charge in [0.05, 0.1) is 19.8 Å². The molecule has 3 aromatic rings. The zero-order valence-electron chi connectivity index (χ0n) is 48.5. The Morgan fingerprint density at radius 1 is 0.403 bits per heavy atom. The van der Waals surface area contributed by atoms with Crippen LogP contribution in [0, 0.1) is 71.0 Å². The second-order valence-electron chi connectivity index (χ2n) is 21.2. The Hall–Kier alpha value is 0.905. The van der Waals surface area contributed by atoms with Crippen molar-refractivity contribution >= 4 is 115 Å². The summed E-state index contributed by atoms with van der Waals surface area (Å²) >= 11 is 2.50. The van der Waals surface area contributed by atoms with Gasteiger partial charge in [0.2, 0.25) is 0 Å². The molecule has 0 aromatic heterocycles. The van der Waals surface area contributed by atoms with Crippen molar-refractivity contribution in [1.82, 2.24) is 0 Å². The molecule has 3 aromatic carbocycles. The average molecular weight is 1130 g/mol. The number of benzene rings is 3. The molecule has 3 rings (SSSR count). The van der Waals surface area contributed by atoms with Gasteiger partial charge in [0.25, 0.3) is 0 Å². The largest absolute Gasteiger partial charge is 0.870 e. The summed E-state index contributed by atoms with van der Waals surface area (Å²) in [6.07, 6.45) is 0. The molecule has 377 valence electrons. The van der Waals surface area contributed by atoms with E-state index in [1.54, 1.807) is 21.3 Å². The third-order valence-corrected chi connectivity index (χ3v) is 10.0. The molecule has 0 aliphatic rings. The van der Waals surface area contributed by atoms with E-state index in [1.807, 2.05) is 6.07 Å². The smallest absolute Gasteiger partial charge is 0.870 e. The topological polar surface area (TPSA) is 261 Å². The van der Waals surface area contributed by atoms with E-state index >= 15 is 0 Å². The SMILES string of the molecule is COCc1c(C(C)(C)C)cc(C(C)(C)C)c(O)c1-c1c(O)c(C(C)(C)C)cc(C(C)(C)C)c1COC.COCc1cc(O)c(C(C)(C)C)cc1C(C)(C)C.[C-]#N.[C-]#N.[C-]#N.[C-]#N.[C-]#N.[C-]#N.[Fe+6].[K+].[K].[K][K].[OH-]. The Morgan fingerprint density at radius 3 is 0.806 bits per heavy atom. The van der Waals surface area contributed by atoms with Crippen LogP contribution in [0.25, 0.3) is 11.1 Å². The van der Waals surface area contributed by atoms with Crippen LogP contribution in [-0.4, -0.2) is 157 Å². The van der Waals surface area contributed by atoms with E-state index in [0.717, 1.165) is 44.5 Å². The summed E-state index contributed by atoms with van der Waals surface area (Å²) < 4.78 is 16.7. The van der Waals surface area contributed by atoms with Gasteiger partial charge in [-0.2, -0.15) is 0 Å². The standard InChI is InChI=1S/C32H50O4.C16H26O2.6CN.Fe.4K.H2O/c1-29(2,3)21-15-23(31(7,8)9)27(33)25(19(21)17-35-13)26-20(18-36-14)22(30(4,5)6)16-24(28(26)34)32(10,11)12;1-15(2,3)12-9-13(16(4,5)6)14(17)8-11(12)10-18-7;6*1-2;;;;;;/h15-16,33-34H,17-18H2,1-14H3;8-9,17H,10H2,1-7H3;;;;;;;;;;;;1H2/q;;6*-1;+6;;;;+1;/p-1. The van der Waals surface area contributed by atoms with Crippen molar-refractivity contribution in [2.75, 3.05) is 21.3 Å². The summed E-state index contributed by atoms with van der Waals surface area (Å²) in [7, 11) is 5.03. The third-order valence-electron chi connectivity index (χ3n) is 10.0. The van der Waals surface area contributed by atoms with Crippen molar-refractivity contribution in [2.24, 2.45) is 0 Å². The molecule has 4 N–H and O–H groups in total. The van der Waals surface area contributed by atoms with E-state index in [4.69, 9.17) is 85.2 Å². The van der Waals surface area contributed by atoms with Crippen molar-refractivity contribution in [1.29, 1.82) is 31.6 Å². The average Bonchev–Trinajstić information content (AvgIpc) is 3.24. The van der Waals surface area contributed by atoms with E-state index in [1.165, 1.54) is 68.7 Å². The van der Waals surface area contributed by atoms with Gasteiger partial charge >= 0.3 is 132 Å². The molecule has 0 saturated carbocycles. The van der Waals surface area contributed by atoms with Gasteiger partial charge in [0.15, 0.2) is 0 Å². The van der Waals surface area contributed by atoms with Gasteiger partial charge in [-0.25, -0.2) is 0 Å². The van der Waals surface area contributed by atoms with E-state index < -0.39 is 0 Å². The number of nitrogens with zero attached hydrogens (tertiary/aromatic N) is 6. The molecule has 18 heteroatoms. The molecular formula is C54H77FeK4N6O7. The van der Waals surface area contributed by atoms with Crippen molar-refractivity contribution in [2.45, 2.75) is 177 Å². The third kappa shape index (κ3) is 30.9. The van der Waals surface area contributed by atoms with Crippen LogP contribution in [0.4, 0.5) is 0 Å². The van der Waals surface area contributed by atoms with Gasteiger partial charge in [0.1, 0.15) is 17.2 Å². The molecule has 0 aliphatic heterocycles. The van der Waals surface area contributed by atoms with Crippen LogP contribution in [0.5, 0.6) is 17.2 Å². The number of hydrogen-bond acceptors (Lipinski definition) is 13. The minimum absolute atomic E-state index is 0. The number of phenols is 3. The molecule has 0 spiro atoms. The van der Waals surface area contributed by atoms with Crippen LogP contribution >= 0.6 is 0 Å². The van der Waals surface area contributed by atoms with Crippen LogP contribution in [0.3, 0.4) is 0 Å². The number of hydrogen-bond donors (Lipinski definition) is 3. The first-order valence-corrected chi connectivity index (χ1v) is 37.7. The molecule has 0 fully saturated rings. The maximum absolute atomic E-state index is 12.0. The fourth-order valence-electron chi connectivity index (χ4n) is 7.24. The van der Waals surface area contributed by atoms with Gasteiger partial charge < -0.3 is 106 Å². The predicted molar refractivity (Wildman–Crippen MR) is 277 cm³/mol. The summed E-state index contributed by atoms with van der Waals surface area (Å²) in [6, 6.07) is 8.23. The minimum Gasteiger partial charge on any atom is -0.870 e. The molecule has 72 heavy (non-hydrogen) atoms. The maximum atomic E-state index is 12.0. The Bertz CT molecular complexity index is 1960. The van der Waals surface area contributed by atoms with Crippen LogP contribution in [-0.2, 0) is 83.6 Å². The number of phenolic OH excluding ortho intramolecular Hbond substituents is 3. The molecule has 0 atom stereocenters. The number of ether oxygens (including phenoxy) is 3. The zero-order chi connectivity index (χ0) is 56.2. The Labute approximate surface area is 578 Å². The van der Waals surface area contributed by atoms with Crippen LogP contribution in [0.1, 0.15) is 175 Å². The van der Waals surface area contributed by atoms with Crippen LogP contribution in [0.15, 0.2) is 24.3 Å². The van der Waals surface area contributed by atoms with Gasteiger partial charge in [0, 0.05) is 95.0 Å². The van der Waals surface area contributed by atoms with Crippen LogP contribution < -0.4 is 51.4 Å². The van der Waals surface area contributed by atoms with Gasteiger partial charge in [-0.1, -0.05) is 143 Å².